The largest absolute Gasteiger partial charge is 0.413 e. The van der Waals surface area contributed by atoms with Crippen molar-refractivity contribution in [3.8, 4) is 0 Å². The van der Waals surface area contributed by atoms with Gasteiger partial charge in [0, 0.05) is 11.2 Å². The lowest BCUT2D eigenvalue weighted by atomic mass is 10.2. The molecule has 0 spiro atoms. The van der Waals surface area contributed by atoms with E-state index in [0.717, 1.165) is 0 Å². The van der Waals surface area contributed by atoms with Crippen molar-refractivity contribution < 1.29 is 8.85 Å². The first-order valence-corrected chi connectivity index (χ1v) is 13.8. The van der Waals surface area contributed by atoms with Crippen LogP contribution in [0.4, 0.5) is 0 Å². The Morgan fingerprint density at radius 1 is 0.632 bits per heavy atom. The predicted molar refractivity (Wildman–Crippen MR) is 90.9 cm³/mol. The van der Waals surface area contributed by atoms with Crippen LogP contribution in [0.15, 0.2) is 0 Å². The summed E-state index contributed by atoms with van der Waals surface area (Å²) in [6.45, 7) is 22.3. The van der Waals surface area contributed by atoms with Crippen molar-refractivity contribution in [1.82, 2.24) is 0 Å². The molecule has 0 fully saturated rings. The van der Waals surface area contributed by atoms with E-state index in [0.29, 0.717) is 0 Å². The quantitative estimate of drug-likeness (QED) is 0.610. The van der Waals surface area contributed by atoms with Crippen LogP contribution in [-0.4, -0.2) is 27.8 Å². The van der Waals surface area contributed by atoms with Crippen LogP contribution < -0.4 is 0 Å². The van der Waals surface area contributed by atoms with E-state index < -0.39 is 16.6 Å². The molecule has 0 N–H and O–H groups in total. The molecule has 0 bridgehead atoms. The minimum Gasteiger partial charge on any atom is -0.413 e. The van der Waals surface area contributed by atoms with Crippen LogP contribution in [0.3, 0.4) is 0 Å². The van der Waals surface area contributed by atoms with Crippen LogP contribution in [0.25, 0.3) is 0 Å². The monoisotopic (exact) mass is 304 g/mol. The Balaban J connectivity index is 4.21. The molecule has 0 amide bonds. The Kier molecular flexibility index (Phi) is 6.53. The average Bonchev–Trinajstić information content (AvgIpc) is 1.90. The second-order valence-corrected chi connectivity index (χ2v) is 17.2. The van der Waals surface area contributed by atoms with Gasteiger partial charge in [-0.3, -0.25) is 0 Å². The zero-order chi connectivity index (χ0) is 15.5. The van der Waals surface area contributed by atoms with Gasteiger partial charge in [0.15, 0.2) is 16.6 Å². The van der Waals surface area contributed by atoms with Gasteiger partial charge in [-0.05, 0) is 79.8 Å². The molecule has 4 heteroatoms. The van der Waals surface area contributed by atoms with Crippen LogP contribution in [0.5, 0.6) is 0 Å². The van der Waals surface area contributed by atoms with Gasteiger partial charge in [0.1, 0.15) is 0 Å². The van der Waals surface area contributed by atoms with Crippen molar-refractivity contribution in [2.45, 2.75) is 97.4 Å². The summed E-state index contributed by atoms with van der Waals surface area (Å²) in [6, 6.07) is 2.46. The van der Waals surface area contributed by atoms with Gasteiger partial charge >= 0.3 is 0 Å². The van der Waals surface area contributed by atoms with Gasteiger partial charge in [0.25, 0.3) is 0 Å². The standard InChI is InChI=1S/C15H36O2Si2/c1-14(2,3)16-18(7,8)12-11-13-19(9,10)17-15(4,5)6/h11-13H2,1-10H3. The van der Waals surface area contributed by atoms with Gasteiger partial charge in [-0.2, -0.15) is 0 Å². The average molecular weight is 305 g/mol. The summed E-state index contributed by atoms with van der Waals surface area (Å²) in [5.74, 6) is 0. The van der Waals surface area contributed by atoms with Gasteiger partial charge in [-0.1, -0.05) is 6.42 Å². The molecule has 0 heterocycles. The van der Waals surface area contributed by atoms with Crippen molar-refractivity contribution in [3.05, 3.63) is 0 Å². The lowest BCUT2D eigenvalue weighted by molar-refractivity contribution is 0.118. The molecule has 0 aliphatic rings. The number of hydrogen-bond acceptors (Lipinski definition) is 2. The van der Waals surface area contributed by atoms with Crippen molar-refractivity contribution >= 4 is 16.6 Å². The first-order chi connectivity index (χ1) is 8.12. The first kappa shape index (κ1) is 19.4. The molecule has 0 aromatic rings. The van der Waals surface area contributed by atoms with Crippen molar-refractivity contribution in [2.24, 2.45) is 0 Å². The molecule has 0 rings (SSSR count). The summed E-state index contributed by atoms with van der Waals surface area (Å²) in [5.41, 5.74) is -0.0187. The molecule has 0 radical (unpaired) electrons. The van der Waals surface area contributed by atoms with Crippen LogP contribution in [0.2, 0.25) is 38.3 Å². The fourth-order valence-electron chi connectivity index (χ4n) is 2.70. The van der Waals surface area contributed by atoms with E-state index in [1.807, 2.05) is 0 Å². The normalized spacial score (nSPS) is 14.8. The van der Waals surface area contributed by atoms with E-state index in [4.69, 9.17) is 8.85 Å². The van der Waals surface area contributed by atoms with E-state index >= 15 is 0 Å². The minimum absolute atomic E-state index is 0.00935. The molecule has 116 valence electrons. The van der Waals surface area contributed by atoms with Crippen LogP contribution in [-0.2, 0) is 8.85 Å². The fraction of sp³-hybridized carbons (Fsp3) is 1.00. The molecule has 0 aliphatic carbocycles. The summed E-state index contributed by atoms with van der Waals surface area (Å²) in [6.07, 6.45) is 1.24. The molecule has 19 heavy (non-hydrogen) atoms. The highest BCUT2D eigenvalue weighted by molar-refractivity contribution is 6.72. The molecule has 2 nitrogen and oxygen atoms in total. The zero-order valence-electron chi connectivity index (χ0n) is 14.9. The van der Waals surface area contributed by atoms with Crippen LogP contribution >= 0.6 is 0 Å². The van der Waals surface area contributed by atoms with Gasteiger partial charge < -0.3 is 8.85 Å². The summed E-state index contributed by atoms with van der Waals surface area (Å²) in [4.78, 5) is 0. The molecule has 0 aromatic carbocycles. The highest BCUT2D eigenvalue weighted by Crippen LogP contribution is 2.27. The van der Waals surface area contributed by atoms with E-state index in [1.54, 1.807) is 0 Å². The maximum atomic E-state index is 6.25. The highest BCUT2D eigenvalue weighted by atomic mass is 28.4. The number of rotatable bonds is 6. The molecule has 0 saturated carbocycles. The van der Waals surface area contributed by atoms with E-state index in [-0.39, 0.29) is 11.2 Å². The molecule has 0 aromatic heterocycles. The molecule has 0 saturated heterocycles. The Morgan fingerprint density at radius 2 is 0.895 bits per heavy atom. The Hall–Kier alpha value is 0.354. The SMILES string of the molecule is CC(C)(C)O[Si](C)(C)CCC[Si](C)(C)OC(C)(C)C. The topological polar surface area (TPSA) is 18.5 Å². The third-order valence-corrected chi connectivity index (χ3v) is 8.17. The van der Waals surface area contributed by atoms with Gasteiger partial charge in [-0.15, -0.1) is 0 Å². The highest BCUT2D eigenvalue weighted by Gasteiger charge is 2.32. The lowest BCUT2D eigenvalue weighted by Crippen LogP contribution is -2.41. The third-order valence-electron chi connectivity index (χ3n) is 2.72. The fourth-order valence-corrected chi connectivity index (χ4v) is 8.63. The second-order valence-electron chi connectivity index (χ2n) is 8.80. The minimum atomic E-state index is -1.53. The molecular formula is C15H36O2Si2. The Bertz CT molecular complexity index is 245. The van der Waals surface area contributed by atoms with Gasteiger partial charge in [0.2, 0.25) is 0 Å². The summed E-state index contributed by atoms with van der Waals surface area (Å²) in [5, 5.41) is 0. The maximum Gasteiger partial charge on any atom is 0.187 e. The van der Waals surface area contributed by atoms with Gasteiger partial charge in [0.05, 0.1) is 0 Å². The number of hydrogen-bond donors (Lipinski definition) is 0. The second kappa shape index (κ2) is 6.41. The van der Waals surface area contributed by atoms with E-state index in [1.165, 1.54) is 18.5 Å². The predicted octanol–water partition coefficient (Wildman–Crippen LogP) is 5.42. The smallest absolute Gasteiger partial charge is 0.187 e. The summed E-state index contributed by atoms with van der Waals surface area (Å²) < 4.78 is 12.5. The summed E-state index contributed by atoms with van der Waals surface area (Å²) in [7, 11) is -3.06. The molecule has 0 atom stereocenters. The lowest BCUT2D eigenvalue weighted by Gasteiger charge is -2.35. The maximum absolute atomic E-state index is 6.25. The molecule has 0 unspecified atom stereocenters. The van der Waals surface area contributed by atoms with Crippen LogP contribution in [0, 0.1) is 0 Å². The zero-order valence-corrected chi connectivity index (χ0v) is 16.9. The van der Waals surface area contributed by atoms with Crippen molar-refractivity contribution in [2.75, 3.05) is 0 Å². The molecular weight excluding hydrogens is 268 g/mol. The summed E-state index contributed by atoms with van der Waals surface area (Å²) >= 11 is 0. The third kappa shape index (κ3) is 11.8. The van der Waals surface area contributed by atoms with Crippen molar-refractivity contribution in [1.29, 1.82) is 0 Å². The van der Waals surface area contributed by atoms with E-state index in [9.17, 15) is 0 Å². The molecule has 0 aliphatic heterocycles. The van der Waals surface area contributed by atoms with Crippen molar-refractivity contribution in [3.63, 3.8) is 0 Å². The Morgan fingerprint density at radius 3 is 1.11 bits per heavy atom. The van der Waals surface area contributed by atoms with Gasteiger partial charge in [-0.25, -0.2) is 0 Å². The van der Waals surface area contributed by atoms with Crippen LogP contribution in [0.1, 0.15) is 48.0 Å². The first-order valence-electron chi connectivity index (χ1n) is 7.52. The van der Waals surface area contributed by atoms with E-state index in [2.05, 4.69) is 67.7 Å². The Labute approximate surface area is 123 Å².